The maximum Gasteiger partial charge on any atom is 0.264 e. The standard InChI is InChI=1S/C44H47ClN6O7/c1-43(2)41(44(3,4)42(43)58-28-16-15-26(23-46)31(45)22-28)49-36(53)25-13-14-27-24-50(38(55)30(27)21-25)20-9-7-5-6-8-19-47-32-12-10-11-29-35(32)40(57)51(39(29)56)33-17-18-34(52)48-37(33)54/h10-16,21-22,33,41-42,47H,5-9,17-20,24H2,1-4H3,(H,49,53)(H,48,52,54). The first kappa shape index (κ1) is 40.5. The third-order valence-electron chi connectivity index (χ3n) is 12.1. The lowest BCUT2D eigenvalue weighted by Gasteiger charge is -2.63. The van der Waals surface area contributed by atoms with Gasteiger partial charge in [-0.05, 0) is 61.2 Å². The lowest BCUT2D eigenvalue weighted by Crippen LogP contribution is -2.74. The second-order valence-corrected chi connectivity index (χ2v) is 17.2. The second-order valence-electron chi connectivity index (χ2n) is 16.8. The number of nitrogens with zero attached hydrogens (tertiary/aromatic N) is 3. The Morgan fingerprint density at radius 1 is 0.914 bits per heavy atom. The fraction of sp³-hybridized carbons (Fsp3) is 0.432. The van der Waals surface area contributed by atoms with Crippen molar-refractivity contribution in [3.8, 4) is 11.8 Å². The van der Waals surface area contributed by atoms with Gasteiger partial charge in [0, 0.05) is 65.8 Å². The number of anilines is 1. The Morgan fingerprint density at radius 3 is 2.38 bits per heavy atom. The highest BCUT2D eigenvalue weighted by atomic mass is 35.5. The minimum absolute atomic E-state index is 0.0657. The number of halogens is 1. The Labute approximate surface area is 342 Å². The van der Waals surface area contributed by atoms with Crippen molar-refractivity contribution >= 4 is 52.7 Å². The third-order valence-corrected chi connectivity index (χ3v) is 12.4. The SMILES string of the molecule is CC1(C)C(NC(=O)c2ccc3c(c2)C(=O)N(CCCCCCCNc2cccc4c2C(=O)N(C2CCC(=O)NC2=O)C4=O)C3)C(C)(C)C1Oc1ccc(C#N)c(Cl)c1. The Kier molecular flexibility index (Phi) is 11.1. The highest BCUT2D eigenvalue weighted by Gasteiger charge is 2.64. The number of imide groups is 2. The normalized spacial score (nSPS) is 21.5. The smallest absolute Gasteiger partial charge is 0.264 e. The van der Waals surface area contributed by atoms with E-state index in [0.29, 0.717) is 52.8 Å². The molecule has 3 N–H and O–H groups in total. The van der Waals surface area contributed by atoms with Crippen LogP contribution in [0.15, 0.2) is 54.6 Å². The molecule has 302 valence electrons. The molecule has 1 saturated heterocycles. The molecule has 3 heterocycles. The lowest BCUT2D eigenvalue weighted by atomic mass is 9.49. The van der Waals surface area contributed by atoms with Crippen LogP contribution >= 0.6 is 11.6 Å². The summed E-state index contributed by atoms with van der Waals surface area (Å²) < 4.78 is 6.35. The molecule has 58 heavy (non-hydrogen) atoms. The second kappa shape index (κ2) is 15.9. The summed E-state index contributed by atoms with van der Waals surface area (Å²) in [6, 6.07) is 16.2. The number of nitriles is 1. The Bertz CT molecular complexity index is 2250. The highest BCUT2D eigenvalue weighted by molar-refractivity contribution is 6.31. The maximum atomic E-state index is 13.6. The zero-order chi connectivity index (χ0) is 41.5. The Morgan fingerprint density at radius 2 is 1.66 bits per heavy atom. The van der Waals surface area contributed by atoms with Gasteiger partial charge in [0.25, 0.3) is 23.6 Å². The van der Waals surface area contributed by atoms with Gasteiger partial charge < -0.3 is 20.3 Å². The molecule has 3 aromatic rings. The molecule has 3 aromatic carbocycles. The number of rotatable bonds is 14. The lowest BCUT2D eigenvalue weighted by molar-refractivity contribution is -0.164. The van der Waals surface area contributed by atoms with E-state index in [-0.39, 0.29) is 47.9 Å². The number of benzene rings is 3. The van der Waals surface area contributed by atoms with E-state index in [1.54, 1.807) is 48.5 Å². The van der Waals surface area contributed by atoms with Crippen molar-refractivity contribution in [1.82, 2.24) is 20.4 Å². The molecule has 1 atom stereocenters. The number of piperidine rings is 1. The van der Waals surface area contributed by atoms with Gasteiger partial charge in [-0.3, -0.25) is 39.0 Å². The first-order chi connectivity index (χ1) is 27.6. The molecule has 14 heteroatoms. The Balaban J connectivity index is 0.843. The molecule has 13 nitrogen and oxygen atoms in total. The van der Waals surface area contributed by atoms with E-state index in [1.807, 2.05) is 38.7 Å². The van der Waals surface area contributed by atoms with Crippen LogP contribution in [0, 0.1) is 22.2 Å². The van der Waals surface area contributed by atoms with Crippen LogP contribution in [-0.4, -0.2) is 76.5 Å². The summed E-state index contributed by atoms with van der Waals surface area (Å²) in [7, 11) is 0. The first-order valence-corrected chi connectivity index (χ1v) is 20.2. The van der Waals surface area contributed by atoms with Crippen molar-refractivity contribution < 1.29 is 33.5 Å². The number of hydrogen-bond donors (Lipinski definition) is 3. The number of ether oxygens (including phenoxy) is 1. The minimum atomic E-state index is -1.01. The van der Waals surface area contributed by atoms with Crippen molar-refractivity contribution in [2.45, 2.75) is 97.4 Å². The van der Waals surface area contributed by atoms with Gasteiger partial charge in [0.05, 0.1) is 21.7 Å². The third kappa shape index (κ3) is 7.41. The van der Waals surface area contributed by atoms with Gasteiger partial charge in [-0.1, -0.05) is 70.7 Å². The van der Waals surface area contributed by atoms with Crippen LogP contribution < -0.4 is 20.7 Å². The number of carbonyl (C=O) groups is 6. The van der Waals surface area contributed by atoms with Crippen LogP contribution in [-0.2, 0) is 16.1 Å². The maximum absolute atomic E-state index is 13.6. The topological polar surface area (TPSA) is 178 Å². The van der Waals surface area contributed by atoms with Crippen molar-refractivity contribution in [2.24, 2.45) is 10.8 Å². The summed E-state index contributed by atoms with van der Waals surface area (Å²) in [5.41, 5.74) is 2.45. The fourth-order valence-corrected chi connectivity index (χ4v) is 9.55. The molecule has 0 spiro atoms. The molecular weight excluding hydrogens is 760 g/mol. The summed E-state index contributed by atoms with van der Waals surface area (Å²) in [5, 5.41) is 18.2. The molecule has 0 bridgehead atoms. The highest BCUT2D eigenvalue weighted by Crippen LogP contribution is 2.55. The quantitative estimate of drug-likeness (QED) is 0.126. The molecule has 2 fully saturated rings. The molecular formula is C44H47ClN6O7. The van der Waals surface area contributed by atoms with Crippen molar-refractivity contribution in [1.29, 1.82) is 5.26 Å². The number of hydrogen-bond acceptors (Lipinski definition) is 9. The summed E-state index contributed by atoms with van der Waals surface area (Å²) in [6.45, 7) is 9.89. The van der Waals surface area contributed by atoms with Crippen LogP contribution in [0.25, 0.3) is 0 Å². The largest absolute Gasteiger partial charge is 0.489 e. The first-order valence-electron chi connectivity index (χ1n) is 19.8. The molecule has 1 unspecified atom stereocenters. The van der Waals surface area contributed by atoms with Gasteiger partial charge in [-0.25, -0.2) is 0 Å². The molecule has 4 aliphatic rings. The molecule has 7 rings (SSSR count). The number of nitrogens with one attached hydrogen (secondary N) is 3. The Hall–Kier alpha value is -5.74. The molecule has 6 amide bonds. The van der Waals surface area contributed by atoms with Crippen molar-refractivity contribution in [2.75, 3.05) is 18.4 Å². The summed E-state index contributed by atoms with van der Waals surface area (Å²) >= 11 is 6.24. The van der Waals surface area contributed by atoms with Gasteiger partial charge in [-0.2, -0.15) is 5.26 Å². The number of carbonyl (C=O) groups excluding carboxylic acids is 6. The van der Waals surface area contributed by atoms with Crippen LogP contribution in [0.5, 0.6) is 5.75 Å². The van der Waals surface area contributed by atoms with E-state index >= 15 is 0 Å². The van der Waals surface area contributed by atoms with Gasteiger partial charge in [0.2, 0.25) is 11.8 Å². The van der Waals surface area contributed by atoms with Crippen LogP contribution in [0.2, 0.25) is 5.02 Å². The summed E-state index contributed by atoms with van der Waals surface area (Å²) in [5.74, 6) is -1.89. The van der Waals surface area contributed by atoms with Gasteiger partial charge in [0.15, 0.2) is 0 Å². The molecule has 0 aromatic heterocycles. The average molecular weight is 807 g/mol. The van der Waals surface area contributed by atoms with Crippen LogP contribution in [0.3, 0.4) is 0 Å². The zero-order valence-electron chi connectivity index (χ0n) is 33.1. The zero-order valence-corrected chi connectivity index (χ0v) is 33.8. The van der Waals surface area contributed by atoms with Crippen LogP contribution in [0.4, 0.5) is 5.69 Å². The van der Waals surface area contributed by atoms with Gasteiger partial charge in [-0.15, -0.1) is 0 Å². The predicted octanol–water partition coefficient (Wildman–Crippen LogP) is 6.24. The van der Waals surface area contributed by atoms with Crippen LogP contribution in [0.1, 0.15) is 125 Å². The molecule has 0 radical (unpaired) electrons. The van der Waals surface area contributed by atoms with Crippen molar-refractivity contribution in [3.05, 3.63) is 93.0 Å². The predicted molar refractivity (Wildman–Crippen MR) is 215 cm³/mol. The summed E-state index contributed by atoms with van der Waals surface area (Å²) in [4.78, 5) is 80.2. The van der Waals surface area contributed by atoms with Gasteiger partial charge in [0.1, 0.15) is 24.0 Å². The van der Waals surface area contributed by atoms with E-state index in [1.165, 1.54) is 0 Å². The molecule has 1 aliphatic carbocycles. The van der Waals surface area contributed by atoms with Crippen molar-refractivity contribution in [3.63, 3.8) is 0 Å². The minimum Gasteiger partial charge on any atom is -0.489 e. The average Bonchev–Trinajstić information content (AvgIpc) is 3.64. The van der Waals surface area contributed by atoms with E-state index in [4.69, 9.17) is 16.3 Å². The molecule has 3 aliphatic heterocycles. The van der Waals surface area contributed by atoms with E-state index in [2.05, 4.69) is 22.0 Å². The number of fused-ring (bicyclic) bond motifs is 2. The summed E-state index contributed by atoms with van der Waals surface area (Å²) in [6.07, 6.45) is 4.41. The molecule has 1 saturated carbocycles. The van der Waals surface area contributed by atoms with E-state index in [9.17, 15) is 34.0 Å². The fourth-order valence-electron chi connectivity index (χ4n) is 9.34. The number of amides is 6. The van der Waals surface area contributed by atoms with E-state index in [0.717, 1.165) is 42.6 Å². The van der Waals surface area contributed by atoms with E-state index < -0.39 is 40.5 Å². The number of unbranched alkanes of at least 4 members (excludes halogenated alkanes) is 4. The monoisotopic (exact) mass is 806 g/mol. The van der Waals surface area contributed by atoms with Gasteiger partial charge >= 0.3 is 0 Å².